The summed E-state index contributed by atoms with van der Waals surface area (Å²) in [6, 6.07) is 5.42. The molecule has 6 nitrogen and oxygen atoms in total. The number of hydrogen-bond donors (Lipinski definition) is 1. The van der Waals surface area contributed by atoms with Crippen LogP contribution in [0, 0.1) is 13.8 Å². The first-order valence-electron chi connectivity index (χ1n) is 7.30. The van der Waals surface area contributed by atoms with Crippen LogP contribution in [-0.2, 0) is 17.8 Å². The highest BCUT2D eigenvalue weighted by Gasteiger charge is 2.16. The molecular formula is C17H17N3O3. The fraction of sp³-hybridized carbons (Fsp3) is 0.235. The fourth-order valence-corrected chi connectivity index (χ4v) is 2.21. The quantitative estimate of drug-likeness (QED) is 0.783. The van der Waals surface area contributed by atoms with Crippen molar-refractivity contribution in [2.45, 2.75) is 26.8 Å². The van der Waals surface area contributed by atoms with E-state index in [1.807, 2.05) is 13.0 Å². The number of rotatable bonds is 5. The minimum absolute atomic E-state index is 0.108. The van der Waals surface area contributed by atoms with Crippen molar-refractivity contribution < 1.29 is 13.6 Å². The molecule has 3 aromatic heterocycles. The van der Waals surface area contributed by atoms with Gasteiger partial charge in [-0.25, -0.2) is 4.98 Å². The second-order valence-corrected chi connectivity index (χ2v) is 5.25. The third-order valence-electron chi connectivity index (χ3n) is 3.57. The maximum Gasteiger partial charge on any atom is 0.263 e. The van der Waals surface area contributed by atoms with Crippen LogP contribution in [0.25, 0.3) is 11.7 Å². The second-order valence-electron chi connectivity index (χ2n) is 5.25. The Morgan fingerprint density at radius 2 is 2.17 bits per heavy atom. The number of nitrogens with zero attached hydrogens (tertiary/aromatic N) is 2. The van der Waals surface area contributed by atoms with Crippen LogP contribution >= 0.6 is 0 Å². The zero-order valence-electron chi connectivity index (χ0n) is 13.0. The normalized spacial score (nSPS) is 10.7. The molecule has 3 heterocycles. The van der Waals surface area contributed by atoms with Crippen LogP contribution in [0.2, 0.25) is 0 Å². The Morgan fingerprint density at radius 3 is 2.91 bits per heavy atom. The summed E-state index contributed by atoms with van der Waals surface area (Å²) in [5.41, 5.74) is 2.70. The third-order valence-corrected chi connectivity index (χ3v) is 3.57. The maximum atomic E-state index is 12.1. The highest BCUT2D eigenvalue weighted by molar-refractivity contribution is 5.78. The average molecular weight is 311 g/mol. The molecule has 0 unspecified atom stereocenters. The Morgan fingerprint density at radius 1 is 1.30 bits per heavy atom. The molecule has 1 amide bonds. The molecule has 3 aromatic rings. The van der Waals surface area contributed by atoms with Gasteiger partial charge in [0.2, 0.25) is 5.91 Å². The SMILES string of the molecule is Cc1cnccc1CNC(=O)Cc1nc(-c2ccco2)oc1C. The number of aryl methyl sites for hydroxylation is 2. The molecule has 0 aromatic carbocycles. The van der Waals surface area contributed by atoms with Crippen molar-refractivity contribution in [2.75, 3.05) is 0 Å². The van der Waals surface area contributed by atoms with Gasteiger partial charge >= 0.3 is 0 Å². The Hall–Kier alpha value is -2.89. The lowest BCUT2D eigenvalue weighted by Crippen LogP contribution is -2.25. The number of carbonyl (C=O) groups is 1. The Balaban J connectivity index is 1.63. The average Bonchev–Trinajstić information content (AvgIpc) is 3.17. The second kappa shape index (κ2) is 6.48. The van der Waals surface area contributed by atoms with Crippen molar-refractivity contribution in [1.82, 2.24) is 15.3 Å². The van der Waals surface area contributed by atoms with E-state index in [1.165, 1.54) is 0 Å². The molecule has 3 rings (SSSR count). The van der Waals surface area contributed by atoms with Crippen LogP contribution in [0.15, 0.2) is 45.7 Å². The third kappa shape index (κ3) is 3.48. The molecule has 1 N–H and O–H groups in total. The summed E-state index contributed by atoms with van der Waals surface area (Å²) in [4.78, 5) is 20.5. The molecule has 0 saturated carbocycles. The standard InChI is InChI=1S/C17H17N3O3/c1-11-9-18-6-5-13(11)10-19-16(21)8-14-12(2)23-17(20-14)15-4-3-7-22-15/h3-7,9H,8,10H2,1-2H3,(H,19,21). The summed E-state index contributed by atoms with van der Waals surface area (Å²) < 4.78 is 10.8. The molecule has 118 valence electrons. The first kappa shape index (κ1) is 15.0. The van der Waals surface area contributed by atoms with E-state index in [0.29, 0.717) is 29.6 Å². The lowest BCUT2D eigenvalue weighted by atomic mass is 10.1. The van der Waals surface area contributed by atoms with Crippen LogP contribution in [-0.4, -0.2) is 15.9 Å². The van der Waals surface area contributed by atoms with E-state index in [1.54, 1.807) is 37.7 Å². The largest absolute Gasteiger partial charge is 0.459 e. The van der Waals surface area contributed by atoms with E-state index < -0.39 is 0 Å². The van der Waals surface area contributed by atoms with Crippen LogP contribution in [0.3, 0.4) is 0 Å². The molecule has 0 aliphatic heterocycles. The molecule has 0 spiro atoms. The van der Waals surface area contributed by atoms with Gasteiger partial charge in [-0.15, -0.1) is 0 Å². The number of nitrogens with one attached hydrogen (secondary N) is 1. The number of pyridine rings is 1. The molecule has 0 bridgehead atoms. The van der Waals surface area contributed by atoms with E-state index in [-0.39, 0.29) is 12.3 Å². The predicted molar refractivity (Wildman–Crippen MR) is 83.5 cm³/mol. The van der Waals surface area contributed by atoms with E-state index >= 15 is 0 Å². The number of aromatic nitrogens is 2. The Labute approximate surface area is 133 Å². The van der Waals surface area contributed by atoms with E-state index in [9.17, 15) is 4.79 Å². The lowest BCUT2D eigenvalue weighted by molar-refractivity contribution is -0.120. The zero-order valence-corrected chi connectivity index (χ0v) is 13.0. The molecular weight excluding hydrogens is 294 g/mol. The van der Waals surface area contributed by atoms with Gasteiger partial charge in [0, 0.05) is 18.9 Å². The molecule has 0 fully saturated rings. The summed E-state index contributed by atoms with van der Waals surface area (Å²) in [5.74, 6) is 1.45. The van der Waals surface area contributed by atoms with Gasteiger partial charge in [-0.05, 0) is 43.2 Å². The molecule has 6 heteroatoms. The summed E-state index contributed by atoms with van der Waals surface area (Å²) in [6.45, 7) is 4.22. The van der Waals surface area contributed by atoms with E-state index in [0.717, 1.165) is 11.1 Å². The van der Waals surface area contributed by atoms with Crippen molar-refractivity contribution in [3.63, 3.8) is 0 Å². The molecule has 0 atom stereocenters. The molecule has 0 aliphatic rings. The first-order chi connectivity index (χ1) is 11.1. The van der Waals surface area contributed by atoms with Gasteiger partial charge in [-0.3, -0.25) is 9.78 Å². The highest BCUT2D eigenvalue weighted by atomic mass is 16.4. The van der Waals surface area contributed by atoms with Gasteiger partial charge in [0.15, 0.2) is 5.76 Å². The van der Waals surface area contributed by atoms with Crippen molar-refractivity contribution >= 4 is 5.91 Å². The van der Waals surface area contributed by atoms with Gasteiger partial charge in [0.05, 0.1) is 18.4 Å². The highest BCUT2D eigenvalue weighted by Crippen LogP contribution is 2.22. The smallest absolute Gasteiger partial charge is 0.263 e. The Kier molecular flexibility index (Phi) is 4.23. The van der Waals surface area contributed by atoms with Gasteiger partial charge in [-0.2, -0.15) is 0 Å². The number of amides is 1. The fourth-order valence-electron chi connectivity index (χ4n) is 2.21. The minimum Gasteiger partial charge on any atom is -0.459 e. The lowest BCUT2D eigenvalue weighted by Gasteiger charge is -2.06. The number of oxazole rings is 1. The molecule has 0 saturated heterocycles. The topological polar surface area (TPSA) is 81.2 Å². The van der Waals surface area contributed by atoms with Crippen LogP contribution in [0.1, 0.15) is 22.6 Å². The van der Waals surface area contributed by atoms with Crippen molar-refractivity contribution in [1.29, 1.82) is 0 Å². The van der Waals surface area contributed by atoms with Gasteiger partial charge < -0.3 is 14.2 Å². The number of furan rings is 1. The van der Waals surface area contributed by atoms with Crippen LogP contribution in [0.5, 0.6) is 0 Å². The molecule has 0 aliphatic carbocycles. The summed E-state index contributed by atoms with van der Waals surface area (Å²) >= 11 is 0. The number of carbonyl (C=O) groups excluding carboxylic acids is 1. The molecule has 0 radical (unpaired) electrons. The monoisotopic (exact) mass is 311 g/mol. The van der Waals surface area contributed by atoms with Gasteiger partial charge in [0.1, 0.15) is 5.76 Å². The van der Waals surface area contributed by atoms with Crippen molar-refractivity contribution in [3.05, 3.63) is 59.4 Å². The summed E-state index contributed by atoms with van der Waals surface area (Å²) in [6.07, 6.45) is 5.21. The van der Waals surface area contributed by atoms with Gasteiger partial charge in [-0.1, -0.05) is 0 Å². The number of hydrogen-bond acceptors (Lipinski definition) is 5. The van der Waals surface area contributed by atoms with Crippen LogP contribution < -0.4 is 5.32 Å². The summed E-state index contributed by atoms with van der Waals surface area (Å²) in [5, 5.41) is 2.89. The predicted octanol–water partition coefficient (Wildman–Crippen LogP) is 2.81. The minimum atomic E-state index is -0.108. The van der Waals surface area contributed by atoms with Crippen molar-refractivity contribution in [2.24, 2.45) is 0 Å². The Bertz CT molecular complexity index is 806. The van der Waals surface area contributed by atoms with E-state index in [2.05, 4.69) is 15.3 Å². The zero-order chi connectivity index (χ0) is 16.2. The van der Waals surface area contributed by atoms with Gasteiger partial charge in [0.25, 0.3) is 5.89 Å². The van der Waals surface area contributed by atoms with Crippen molar-refractivity contribution in [3.8, 4) is 11.7 Å². The molecule has 23 heavy (non-hydrogen) atoms. The van der Waals surface area contributed by atoms with Crippen LogP contribution in [0.4, 0.5) is 0 Å². The first-order valence-corrected chi connectivity index (χ1v) is 7.30. The summed E-state index contributed by atoms with van der Waals surface area (Å²) in [7, 11) is 0. The van der Waals surface area contributed by atoms with E-state index in [4.69, 9.17) is 8.83 Å². The maximum absolute atomic E-state index is 12.1.